The van der Waals surface area contributed by atoms with Crippen LogP contribution in [0, 0.1) is 0 Å². The third-order valence-corrected chi connectivity index (χ3v) is 12.9. The first kappa shape index (κ1) is 22.0. The van der Waals surface area contributed by atoms with Gasteiger partial charge in [0.2, 0.25) is 0 Å². The summed E-state index contributed by atoms with van der Waals surface area (Å²) < 4.78 is 11.0. The van der Waals surface area contributed by atoms with Crippen molar-refractivity contribution in [3.63, 3.8) is 0 Å². The lowest BCUT2D eigenvalue weighted by Gasteiger charge is -2.04. The molecule has 0 spiro atoms. The maximum atomic E-state index is 2.43. The van der Waals surface area contributed by atoms with Crippen LogP contribution < -0.4 is 0 Å². The summed E-state index contributed by atoms with van der Waals surface area (Å²) in [7, 11) is 0. The Labute approximate surface area is 245 Å². The molecule has 0 atom stereocenters. The molecule has 0 aliphatic rings. The Morgan fingerprint density at radius 2 is 0.925 bits per heavy atom. The topological polar surface area (TPSA) is 0 Å². The standard InChI is InChI=1S/C36H18S4/c1-3-10-27-21(6-1)25-17-26-22-9-5-8-20(36(22)40-33(26)18-32(25)38-27)19-12-13-24-31(16-19)39-30-15-14-29-34(35(24)30)23-7-2-4-11-28(23)37-29/h1-18H. The van der Waals surface area contributed by atoms with Crippen LogP contribution in [0.25, 0.3) is 91.8 Å². The molecule has 0 nitrogen and oxygen atoms in total. The van der Waals surface area contributed by atoms with Crippen LogP contribution in [0.3, 0.4) is 0 Å². The molecule has 0 aliphatic heterocycles. The molecule has 4 heterocycles. The molecule has 0 saturated carbocycles. The molecule has 6 aromatic carbocycles. The van der Waals surface area contributed by atoms with Crippen molar-refractivity contribution in [2.24, 2.45) is 0 Å². The molecule has 0 bridgehead atoms. The maximum Gasteiger partial charge on any atom is 0.0433 e. The fraction of sp³-hybridized carbons (Fsp3) is 0. The van der Waals surface area contributed by atoms with E-state index in [0.717, 1.165) is 0 Å². The van der Waals surface area contributed by atoms with Crippen molar-refractivity contribution >= 4 is 126 Å². The lowest BCUT2D eigenvalue weighted by molar-refractivity contribution is 1.75. The average molecular weight is 579 g/mol. The van der Waals surface area contributed by atoms with Gasteiger partial charge in [0, 0.05) is 80.7 Å². The second-order valence-electron chi connectivity index (χ2n) is 10.5. The maximum absolute atomic E-state index is 2.43. The summed E-state index contributed by atoms with van der Waals surface area (Å²) >= 11 is 7.66. The van der Waals surface area contributed by atoms with Crippen LogP contribution in [0.2, 0.25) is 0 Å². The van der Waals surface area contributed by atoms with Crippen LogP contribution in [-0.2, 0) is 0 Å². The van der Waals surface area contributed by atoms with Crippen molar-refractivity contribution in [2.45, 2.75) is 0 Å². The predicted molar refractivity (Wildman–Crippen MR) is 183 cm³/mol. The molecule has 4 heteroatoms. The van der Waals surface area contributed by atoms with Gasteiger partial charge in [0.15, 0.2) is 0 Å². The van der Waals surface area contributed by atoms with E-state index < -0.39 is 0 Å². The van der Waals surface area contributed by atoms with E-state index in [2.05, 4.69) is 109 Å². The summed E-state index contributed by atoms with van der Waals surface area (Å²) in [6.07, 6.45) is 0. The molecule has 4 aromatic heterocycles. The normalized spacial score (nSPS) is 12.5. The first-order valence-electron chi connectivity index (χ1n) is 13.3. The Balaban J connectivity index is 1.22. The Kier molecular flexibility index (Phi) is 4.33. The highest BCUT2D eigenvalue weighted by Gasteiger charge is 2.17. The third kappa shape index (κ3) is 2.89. The summed E-state index contributed by atoms with van der Waals surface area (Å²) in [4.78, 5) is 0. The number of hydrogen-bond acceptors (Lipinski definition) is 4. The van der Waals surface area contributed by atoms with Crippen LogP contribution in [0.5, 0.6) is 0 Å². The molecule has 0 unspecified atom stereocenters. The van der Waals surface area contributed by atoms with E-state index in [1.807, 2.05) is 45.3 Å². The lowest BCUT2D eigenvalue weighted by atomic mass is 10.00. The Bertz CT molecular complexity index is 2660. The van der Waals surface area contributed by atoms with E-state index in [1.54, 1.807) is 0 Å². The Morgan fingerprint density at radius 3 is 1.77 bits per heavy atom. The van der Waals surface area contributed by atoms with Crippen molar-refractivity contribution in [1.29, 1.82) is 0 Å². The second-order valence-corrected chi connectivity index (χ2v) is 14.8. The van der Waals surface area contributed by atoms with Gasteiger partial charge in [-0.05, 0) is 53.6 Å². The molecule has 186 valence electrons. The molecule has 40 heavy (non-hydrogen) atoms. The van der Waals surface area contributed by atoms with E-state index in [-0.39, 0.29) is 0 Å². The van der Waals surface area contributed by atoms with Gasteiger partial charge < -0.3 is 0 Å². The van der Waals surface area contributed by atoms with Gasteiger partial charge >= 0.3 is 0 Å². The van der Waals surface area contributed by atoms with Gasteiger partial charge in [-0.1, -0.05) is 66.7 Å². The molecule has 0 aliphatic carbocycles. The van der Waals surface area contributed by atoms with Crippen molar-refractivity contribution in [3.8, 4) is 11.1 Å². The minimum absolute atomic E-state index is 1.30. The highest BCUT2D eigenvalue weighted by atomic mass is 32.1. The van der Waals surface area contributed by atoms with E-state index in [1.165, 1.54) is 91.8 Å². The molecule has 0 N–H and O–H groups in total. The zero-order valence-electron chi connectivity index (χ0n) is 21.0. The summed E-state index contributed by atoms with van der Waals surface area (Å²) in [6.45, 7) is 0. The van der Waals surface area contributed by atoms with Gasteiger partial charge in [-0.2, -0.15) is 0 Å². The van der Waals surface area contributed by atoms with E-state index >= 15 is 0 Å². The van der Waals surface area contributed by atoms with Crippen LogP contribution in [0.4, 0.5) is 0 Å². The summed E-state index contributed by atoms with van der Waals surface area (Å²) in [5.74, 6) is 0. The summed E-state index contributed by atoms with van der Waals surface area (Å²) in [6, 6.07) is 41.0. The van der Waals surface area contributed by atoms with Crippen LogP contribution >= 0.6 is 45.3 Å². The van der Waals surface area contributed by atoms with Gasteiger partial charge in [0.1, 0.15) is 0 Å². The van der Waals surface area contributed by atoms with Crippen molar-refractivity contribution in [2.75, 3.05) is 0 Å². The number of fused-ring (bicyclic) bond motifs is 13. The average Bonchev–Trinajstić information content (AvgIpc) is 3.74. The zero-order valence-corrected chi connectivity index (χ0v) is 24.3. The highest BCUT2D eigenvalue weighted by molar-refractivity contribution is 7.29. The minimum Gasteiger partial charge on any atom is -0.135 e. The van der Waals surface area contributed by atoms with Crippen molar-refractivity contribution < 1.29 is 0 Å². The number of benzene rings is 6. The van der Waals surface area contributed by atoms with Gasteiger partial charge in [0.25, 0.3) is 0 Å². The predicted octanol–water partition coefficient (Wildman–Crippen LogP) is 12.8. The third-order valence-electron chi connectivity index (χ3n) is 8.28. The van der Waals surface area contributed by atoms with Crippen LogP contribution in [-0.4, -0.2) is 0 Å². The molecule has 10 aromatic rings. The first-order chi connectivity index (χ1) is 19.8. The lowest BCUT2D eigenvalue weighted by Crippen LogP contribution is -1.78. The molecule has 0 radical (unpaired) electrons. The van der Waals surface area contributed by atoms with Gasteiger partial charge in [-0.3, -0.25) is 0 Å². The summed E-state index contributed by atoms with van der Waals surface area (Å²) in [5, 5.41) is 11.0. The monoisotopic (exact) mass is 578 g/mol. The largest absolute Gasteiger partial charge is 0.135 e. The van der Waals surface area contributed by atoms with Gasteiger partial charge in [-0.25, -0.2) is 0 Å². The molecule has 10 rings (SSSR count). The zero-order chi connectivity index (χ0) is 25.9. The highest BCUT2D eigenvalue weighted by Crippen LogP contribution is 2.47. The fourth-order valence-electron chi connectivity index (χ4n) is 6.49. The van der Waals surface area contributed by atoms with E-state index in [0.29, 0.717) is 0 Å². The first-order valence-corrected chi connectivity index (χ1v) is 16.6. The molecule has 0 fully saturated rings. The smallest absolute Gasteiger partial charge is 0.0433 e. The van der Waals surface area contributed by atoms with E-state index in [9.17, 15) is 0 Å². The number of rotatable bonds is 1. The SMILES string of the molecule is c1ccc2c(c1)sc1cc3sc4c(-c5ccc6c(c5)sc5ccc7sc8ccccc8c7c56)cccc4c3cc12. The molecule has 0 amide bonds. The molecular weight excluding hydrogens is 561 g/mol. The van der Waals surface area contributed by atoms with Gasteiger partial charge in [0.05, 0.1) is 0 Å². The Hall–Kier alpha value is -3.80. The Morgan fingerprint density at radius 1 is 0.325 bits per heavy atom. The minimum atomic E-state index is 1.30. The van der Waals surface area contributed by atoms with E-state index in [4.69, 9.17) is 0 Å². The van der Waals surface area contributed by atoms with Crippen molar-refractivity contribution in [1.82, 2.24) is 0 Å². The number of hydrogen-bond donors (Lipinski definition) is 0. The molecule has 0 saturated heterocycles. The van der Waals surface area contributed by atoms with Gasteiger partial charge in [-0.15, -0.1) is 45.3 Å². The molecular formula is C36H18S4. The van der Waals surface area contributed by atoms with Crippen LogP contribution in [0.1, 0.15) is 0 Å². The fourth-order valence-corrected chi connectivity index (χ4v) is 11.2. The van der Waals surface area contributed by atoms with Crippen LogP contribution in [0.15, 0.2) is 109 Å². The summed E-state index contributed by atoms with van der Waals surface area (Å²) in [5.41, 5.74) is 2.63. The quantitative estimate of drug-likeness (QED) is 0.182. The second kappa shape index (κ2) is 7.90. The number of thiophene rings is 4. The van der Waals surface area contributed by atoms with Crippen molar-refractivity contribution in [3.05, 3.63) is 109 Å².